The van der Waals surface area contributed by atoms with Crippen molar-refractivity contribution >= 4 is 17.3 Å². The number of thiazole rings is 1. The summed E-state index contributed by atoms with van der Waals surface area (Å²) < 4.78 is 18.4. The predicted octanol–water partition coefficient (Wildman–Crippen LogP) is 3.37. The third-order valence-corrected chi connectivity index (χ3v) is 3.69. The second-order valence-corrected chi connectivity index (χ2v) is 5.25. The Morgan fingerprint density at radius 1 is 1.40 bits per heavy atom. The van der Waals surface area contributed by atoms with Gasteiger partial charge in [-0.2, -0.15) is 0 Å². The zero-order valence-electron chi connectivity index (χ0n) is 11.3. The molecule has 1 aromatic carbocycles. The minimum Gasteiger partial charge on any atom is -0.466 e. The normalized spacial score (nSPS) is 10.5. The lowest BCUT2D eigenvalue weighted by Gasteiger charge is -2.00. The van der Waals surface area contributed by atoms with Crippen molar-refractivity contribution in [3.05, 3.63) is 51.7 Å². The molecule has 2 rings (SSSR count). The minimum atomic E-state index is -0.212. The smallest absolute Gasteiger partial charge is 0.306 e. The van der Waals surface area contributed by atoms with Crippen molar-refractivity contribution in [3.63, 3.8) is 0 Å². The predicted molar refractivity (Wildman–Crippen MR) is 76.3 cm³/mol. The minimum absolute atomic E-state index is 0.212. The Kier molecular flexibility index (Phi) is 5.24. The summed E-state index contributed by atoms with van der Waals surface area (Å²) in [6.45, 7) is 2.18. The van der Waals surface area contributed by atoms with Gasteiger partial charge in [-0.25, -0.2) is 9.37 Å². The lowest BCUT2D eigenvalue weighted by atomic mass is 10.1. The van der Waals surface area contributed by atoms with Crippen LogP contribution in [0.15, 0.2) is 29.6 Å². The number of benzene rings is 1. The van der Waals surface area contributed by atoms with Crippen molar-refractivity contribution in [3.8, 4) is 0 Å². The highest BCUT2D eigenvalue weighted by atomic mass is 32.1. The molecule has 1 aromatic heterocycles. The molecule has 0 aliphatic heterocycles. The number of carbonyl (C=O) groups is 1. The van der Waals surface area contributed by atoms with Crippen LogP contribution in [0.3, 0.4) is 0 Å². The molecule has 0 spiro atoms. The van der Waals surface area contributed by atoms with Crippen LogP contribution in [0.5, 0.6) is 0 Å². The van der Waals surface area contributed by atoms with Crippen molar-refractivity contribution in [2.75, 3.05) is 6.61 Å². The third-order valence-electron chi connectivity index (χ3n) is 2.79. The Labute approximate surface area is 121 Å². The fourth-order valence-electron chi connectivity index (χ4n) is 1.81. The van der Waals surface area contributed by atoms with E-state index in [1.165, 1.54) is 17.4 Å². The molecule has 1 heterocycles. The molecule has 0 aliphatic carbocycles. The first-order chi connectivity index (χ1) is 9.69. The van der Waals surface area contributed by atoms with Crippen molar-refractivity contribution < 1.29 is 13.9 Å². The number of hydrogen-bond donors (Lipinski definition) is 0. The largest absolute Gasteiger partial charge is 0.466 e. The van der Waals surface area contributed by atoms with Crippen molar-refractivity contribution in [2.24, 2.45) is 0 Å². The standard InChI is InChI=1S/C15H16FNO2S/c1-2-19-15(18)8-7-12-10-20-14(17-12)9-11-5-3-4-6-13(11)16/h3-6,10H,2,7-9H2,1H3. The first-order valence-corrected chi connectivity index (χ1v) is 7.39. The van der Waals surface area contributed by atoms with Crippen LogP contribution in [-0.4, -0.2) is 17.6 Å². The van der Waals surface area contributed by atoms with Gasteiger partial charge >= 0.3 is 5.97 Å². The topological polar surface area (TPSA) is 39.2 Å². The first kappa shape index (κ1) is 14.7. The van der Waals surface area contributed by atoms with Gasteiger partial charge in [-0.05, 0) is 18.6 Å². The maximum atomic E-state index is 13.5. The number of aryl methyl sites for hydroxylation is 1. The highest BCUT2D eigenvalue weighted by Crippen LogP contribution is 2.17. The molecule has 0 aliphatic rings. The van der Waals surface area contributed by atoms with E-state index >= 15 is 0 Å². The van der Waals surface area contributed by atoms with E-state index in [0.717, 1.165) is 10.7 Å². The van der Waals surface area contributed by atoms with Crippen molar-refractivity contribution in [2.45, 2.75) is 26.2 Å². The maximum absolute atomic E-state index is 13.5. The molecule has 0 N–H and O–H groups in total. The second kappa shape index (κ2) is 7.14. The lowest BCUT2D eigenvalue weighted by molar-refractivity contribution is -0.143. The summed E-state index contributed by atoms with van der Waals surface area (Å²) in [5.74, 6) is -0.424. The first-order valence-electron chi connectivity index (χ1n) is 6.51. The van der Waals surface area contributed by atoms with Gasteiger partial charge in [0.2, 0.25) is 0 Å². The molecule has 0 saturated heterocycles. The van der Waals surface area contributed by atoms with E-state index in [9.17, 15) is 9.18 Å². The fourth-order valence-corrected chi connectivity index (χ4v) is 2.66. The molecule has 0 atom stereocenters. The highest BCUT2D eigenvalue weighted by molar-refractivity contribution is 7.09. The molecule has 20 heavy (non-hydrogen) atoms. The summed E-state index contributed by atoms with van der Waals surface area (Å²) in [6, 6.07) is 6.69. The Balaban J connectivity index is 1.92. The monoisotopic (exact) mass is 293 g/mol. The molecule has 0 bridgehead atoms. The summed E-state index contributed by atoms with van der Waals surface area (Å²) in [5, 5.41) is 2.77. The molecule has 5 heteroatoms. The summed E-state index contributed by atoms with van der Waals surface area (Å²) in [4.78, 5) is 15.7. The number of rotatable bonds is 6. The van der Waals surface area contributed by atoms with E-state index in [2.05, 4.69) is 4.98 Å². The molecule has 2 aromatic rings. The fraction of sp³-hybridized carbons (Fsp3) is 0.333. The molecule has 0 unspecified atom stereocenters. The van der Waals surface area contributed by atoms with Gasteiger partial charge < -0.3 is 4.74 Å². The number of esters is 1. The van der Waals surface area contributed by atoms with Crippen LogP contribution >= 0.6 is 11.3 Å². The Hall–Kier alpha value is -1.75. The van der Waals surface area contributed by atoms with Gasteiger partial charge in [0.05, 0.1) is 23.7 Å². The zero-order chi connectivity index (χ0) is 14.4. The summed E-state index contributed by atoms with van der Waals surface area (Å²) in [6.07, 6.45) is 1.38. The van der Waals surface area contributed by atoms with Crippen LogP contribution < -0.4 is 0 Å². The molecule has 0 fully saturated rings. The Morgan fingerprint density at radius 3 is 2.95 bits per heavy atom. The van der Waals surface area contributed by atoms with E-state index in [-0.39, 0.29) is 11.8 Å². The number of halogens is 1. The molecule has 3 nitrogen and oxygen atoms in total. The van der Waals surface area contributed by atoms with Crippen LogP contribution in [-0.2, 0) is 22.4 Å². The van der Waals surface area contributed by atoms with E-state index < -0.39 is 0 Å². The number of aromatic nitrogens is 1. The van der Waals surface area contributed by atoms with E-state index in [0.29, 0.717) is 31.4 Å². The van der Waals surface area contributed by atoms with Crippen LogP contribution in [0.1, 0.15) is 29.6 Å². The van der Waals surface area contributed by atoms with Gasteiger partial charge in [-0.3, -0.25) is 4.79 Å². The van der Waals surface area contributed by atoms with E-state index in [1.54, 1.807) is 19.1 Å². The quantitative estimate of drug-likeness (QED) is 0.767. The molecular formula is C15H16FNO2S. The van der Waals surface area contributed by atoms with Gasteiger partial charge in [-0.15, -0.1) is 11.3 Å². The number of ether oxygens (including phenoxy) is 1. The highest BCUT2D eigenvalue weighted by Gasteiger charge is 2.08. The maximum Gasteiger partial charge on any atom is 0.306 e. The molecule has 0 saturated carbocycles. The Bertz CT molecular complexity index is 583. The summed E-state index contributed by atoms with van der Waals surface area (Å²) in [5.41, 5.74) is 1.49. The Morgan fingerprint density at radius 2 is 2.20 bits per heavy atom. The lowest BCUT2D eigenvalue weighted by Crippen LogP contribution is -2.05. The summed E-state index contributed by atoms with van der Waals surface area (Å²) >= 11 is 1.49. The number of carbonyl (C=O) groups excluding carboxylic acids is 1. The van der Waals surface area contributed by atoms with Crippen LogP contribution in [0.4, 0.5) is 4.39 Å². The number of nitrogens with zero attached hydrogens (tertiary/aromatic N) is 1. The zero-order valence-corrected chi connectivity index (χ0v) is 12.1. The van der Waals surface area contributed by atoms with Crippen LogP contribution in [0.2, 0.25) is 0 Å². The summed E-state index contributed by atoms with van der Waals surface area (Å²) in [7, 11) is 0. The van der Waals surface area contributed by atoms with Crippen LogP contribution in [0.25, 0.3) is 0 Å². The van der Waals surface area contributed by atoms with Gasteiger partial charge in [0, 0.05) is 18.2 Å². The van der Waals surface area contributed by atoms with Crippen LogP contribution in [0, 0.1) is 5.82 Å². The number of hydrogen-bond acceptors (Lipinski definition) is 4. The molecule has 106 valence electrons. The van der Waals surface area contributed by atoms with Crippen molar-refractivity contribution in [1.29, 1.82) is 0 Å². The van der Waals surface area contributed by atoms with Gasteiger partial charge in [-0.1, -0.05) is 18.2 Å². The molecule has 0 amide bonds. The third kappa shape index (κ3) is 4.13. The molecular weight excluding hydrogens is 277 g/mol. The van der Waals surface area contributed by atoms with Gasteiger partial charge in [0.25, 0.3) is 0 Å². The van der Waals surface area contributed by atoms with Gasteiger partial charge in [0.15, 0.2) is 0 Å². The van der Waals surface area contributed by atoms with Gasteiger partial charge in [0.1, 0.15) is 5.82 Å². The second-order valence-electron chi connectivity index (χ2n) is 4.31. The average Bonchev–Trinajstić information content (AvgIpc) is 2.87. The van der Waals surface area contributed by atoms with E-state index in [4.69, 9.17) is 4.74 Å². The van der Waals surface area contributed by atoms with E-state index in [1.807, 2.05) is 11.4 Å². The molecule has 0 radical (unpaired) electrons. The SMILES string of the molecule is CCOC(=O)CCc1csc(Cc2ccccc2F)n1. The van der Waals surface area contributed by atoms with Crippen molar-refractivity contribution in [1.82, 2.24) is 4.98 Å². The average molecular weight is 293 g/mol.